The van der Waals surface area contributed by atoms with E-state index in [1.807, 2.05) is 24.3 Å². The number of halogens is 3. The van der Waals surface area contributed by atoms with Gasteiger partial charge < -0.3 is 11.5 Å². The summed E-state index contributed by atoms with van der Waals surface area (Å²) in [7, 11) is 0. The van der Waals surface area contributed by atoms with Crippen LogP contribution in [0, 0.1) is 5.82 Å². The Morgan fingerprint density at radius 3 is 2.70 bits per heavy atom. The number of thioether (sulfide) groups is 1. The Labute approximate surface area is 176 Å². The Bertz CT molecular complexity index is 984. The number of rotatable bonds is 3. The van der Waals surface area contributed by atoms with E-state index < -0.39 is 0 Å². The fraction of sp³-hybridized carbons (Fsp3) is 0.118. The molecule has 142 valence electrons. The first-order chi connectivity index (χ1) is 12.1. The first-order valence-corrected chi connectivity index (χ1v) is 9.27. The summed E-state index contributed by atoms with van der Waals surface area (Å²) in [6.45, 7) is 0. The van der Waals surface area contributed by atoms with Crippen LogP contribution < -0.4 is 11.5 Å². The van der Waals surface area contributed by atoms with Gasteiger partial charge in [-0.15, -0.1) is 41.3 Å². The molecule has 0 amide bonds. The lowest BCUT2D eigenvalue weighted by Crippen LogP contribution is -2.22. The SMILES string of the molecule is Cl.Cl.NC(N)=N/N=C1\c2cc(F)ccc2CC1Sc1nc2ccccc2s1. The molecule has 2 aromatic carbocycles. The van der Waals surface area contributed by atoms with Crippen LogP contribution in [0.15, 0.2) is 57.0 Å². The third-order valence-corrected chi connectivity index (χ3v) is 6.19. The van der Waals surface area contributed by atoms with Gasteiger partial charge in [-0.3, -0.25) is 0 Å². The third-order valence-electron chi connectivity index (χ3n) is 3.85. The molecule has 1 aromatic heterocycles. The van der Waals surface area contributed by atoms with Gasteiger partial charge in [-0.2, -0.15) is 5.10 Å². The minimum Gasteiger partial charge on any atom is -0.369 e. The van der Waals surface area contributed by atoms with E-state index in [0.29, 0.717) is 5.71 Å². The van der Waals surface area contributed by atoms with Gasteiger partial charge in [0, 0.05) is 5.56 Å². The highest BCUT2D eigenvalue weighted by molar-refractivity contribution is 8.02. The quantitative estimate of drug-likeness (QED) is 0.363. The van der Waals surface area contributed by atoms with Crippen LogP contribution >= 0.6 is 47.9 Å². The highest BCUT2D eigenvalue weighted by atomic mass is 35.5. The summed E-state index contributed by atoms with van der Waals surface area (Å²) in [6, 6.07) is 12.7. The minimum absolute atomic E-state index is 0. The number of thiazole rings is 1. The van der Waals surface area contributed by atoms with Crippen molar-refractivity contribution in [1.29, 1.82) is 0 Å². The lowest BCUT2D eigenvalue weighted by molar-refractivity contribution is 0.627. The number of fused-ring (bicyclic) bond motifs is 2. The van der Waals surface area contributed by atoms with Gasteiger partial charge in [-0.05, 0) is 36.2 Å². The van der Waals surface area contributed by atoms with Gasteiger partial charge in [0.25, 0.3) is 0 Å². The molecule has 1 heterocycles. The monoisotopic (exact) mass is 443 g/mol. The summed E-state index contributed by atoms with van der Waals surface area (Å²) in [5, 5.41) is 7.94. The molecular weight excluding hydrogens is 428 g/mol. The van der Waals surface area contributed by atoms with E-state index in [1.165, 1.54) is 12.1 Å². The molecule has 0 spiro atoms. The topological polar surface area (TPSA) is 89.7 Å². The number of hydrogen-bond donors (Lipinski definition) is 2. The van der Waals surface area contributed by atoms with Crippen molar-refractivity contribution in [2.75, 3.05) is 0 Å². The smallest absolute Gasteiger partial charge is 0.211 e. The molecule has 0 aliphatic heterocycles. The maximum atomic E-state index is 13.7. The van der Waals surface area contributed by atoms with Crippen LogP contribution in [0.2, 0.25) is 0 Å². The molecule has 10 heteroatoms. The van der Waals surface area contributed by atoms with E-state index in [-0.39, 0.29) is 41.8 Å². The maximum Gasteiger partial charge on any atom is 0.211 e. The summed E-state index contributed by atoms with van der Waals surface area (Å²) in [6.07, 6.45) is 0.731. The number of hydrogen-bond acceptors (Lipinski definition) is 5. The number of aromatic nitrogens is 1. The number of nitrogens with two attached hydrogens (primary N) is 2. The fourth-order valence-corrected chi connectivity index (χ4v) is 5.24. The highest BCUT2D eigenvalue weighted by Crippen LogP contribution is 2.38. The second-order valence-corrected chi connectivity index (χ2v) is 8.05. The van der Waals surface area contributed by atoms with Crippen molar-refractivity contribution in [2.24, 2.45) is 21.7 Å². The normalized spacial score (nSPS) is 16.5. The van der Waals surface area contributed by atoms with Gasteiger partial charge in [0.05, 0.1) is 21.2 Å². The van der Waals surface area contributed by atoms with E-state index >= 15 is 0 Å². The lowest BCUT2D eigenvalue weighted by Gasteiger charge is -2.07. The summed E-state index contributed by atoms with van der Waals surface area (Å²) in [4.78, 5) is 4.65. The molecule has 0 radical (unpaired) electrons. The van der Waals surface area contributed by atoms with Gasteiger partial charge >= 0.3 is 0 Å². The van der Waals surface area contributed by atoms with E-state index in [0.717, 1.165) is 32.1 Å². The van der Waals surface area contributed by atoms with E-state index in [1.54, 1.807) is 29.2 Å². The van der Waals surface area contributed by atoms with Crippen molar-refractivity contribution in [3.63, 3.8) is 0 Å². The standard InChI is InChI=1S/C17H14FN5S2.2ClH/c18-10-6-5-9-7-14(15(11(9)8-10)22-23-16(19)20)25-17-21-12-3-1-2-4-13(12)24-17;;/h1-6,8,14H,7H2,(H4,19,20,23);2*1H/b22-15+;;. The van der Waals surface area contributed by atoms with Crippen molar-refractivity contribution in [3.05, 3.63) is 59.4 Å². The number of guanidine groups is 1. The summed E-state index contributed by atoms with van der Waals surface area (Å²) in [5.41, 5.74) is 14.2. The lowest BCUT2D eigenvalue weighted by atomic mass is 10.1. The van der Waals surface area contributed by atoms with Crippen LogP contribution in [0.5, 0.6) is 0 Å². The minimum atomic E-state index is -0.304. The maximum absolute atomic E-state index is 13.7. The van der Waals surface area contributed by atoms with Crippen molar-refractivity contribution in [2.45, 2.75) is 16.0 Å². The van der Waals surface area contributed by atoms with Crippen molar-refractivity contribution in [1.82, 2.24) is 4.98 Å². The first kappa shape index (κ1) is 21.4. The fourth-order valence-electron chi connectivity index (χ4n) is 2.79. The second-order valence-electron chi connectivity index (χ2n) is 5.57. The third kappa shape index (κ3) is 4.52. The molecule has 0 fully saturated rings. The predicted octanol–water partition coefficient (Wildman–Crippen LogP) is 3.97. The molecular formula is C17H16Cl2FN5S2. The second kappa shape index (κ2) is 8.88. The number of para-hydroxylation sites is 1. The molecule has 1 aliphatic rings. The van der Waals surface area contributed by atoms with Crippen LogP contribution in [0.25, 0.3) is 10.2 Å². The summed E-state index contributed by atoms with van der Waals surface area (Å²) in [5.74, 6) is -0.428. The zero-order valence-electron chi connectivity index (χ0n) is 13.8. The van der Waals surface area contributed by atoms with E-state index in [4.69, 9.17) is 11.5 Å². The number of nitrogens with zero attached hydrogens (tertiary/aromatic N) is 3. The van der Waals surface area contributed by atoms with Crippen LogP contribution in [0.4, 0.5) is 4.39 Å². The van der Waals surface area contributed by atoms with Crippen LogP contribution in [0.3, 0.4) is 0 Å². The van der Waals surface area contributed by atoms with Gasteiger partial charge in [-0.1, -0.05) is 30.0 Å². The van der Waals surface area contributed by atoms with Gasteiger partial charge in [-0.25, -0.2) is 9.37 Å². The molecule has 0 saturated carbocycles. The predicted molar refractivity (Wildman–Crippen MR) is 116 cm³/mol. The Morgan fingerprint density at radius 2 is 1.96 bits per heavy atom. The molecule has 4 rings (SSSR count). The van der Waals surface area contributed by atoms with Gasteiger partial charge in [0.15, 0.2) is 4.34 Å². The van der Waals surface area contributed by atoms with Crippen molar-refractivity contribution >= 4 is 69.8 Å². The molecule has 1 atom stereocenters. The molecule has 4 N–H and O–H groups in total. The van der Waals surface area contributed by atoms with E-state index in [9.17, 15) is 4.39 Å². The van der Waals surface area contributed by atoms with Gasteiger partial charge in [0.2, 0.25) is 5.96 Å². The molecule has 5 nitrogen and oxygen atoms in total. The Morgan fingerprint density at radius 1 is 1.19 bits per heavy atom. The number of benzene rings is 2. The van der Waals surface area contributed by atoms with Crippen LogP contribution in [-0.4, -0.2) is 21.9 Å². The first-order valence-electron chi connectivity index (χ1n) is 7.57. The van der Waals surface area contributed by atoms with Crippen molar-refractivity contribution < 1.29 is 4.39 Å². The molecule has 0 bridgehead atoms. The molecule has 1 unspecified atom stereocenters. The Hall–Kier alpha value is -1.87. The molecule has 1 aliphatic carbocycles. The summed E-state index contributed by atoms with van der Waals surface area (Å²) < 4.78 is 15.7. The van der Waals surface area contributed by atoms with Crippen molar-refractivity contribution in [3.8, 4) is 0 Å². The zero-order chi connectivity index (χ0) is 17.4. The molecule has 0 saturated heterocycles. The van der Waals surface area contributed by atoms with Crippen LogP contribution in [0.1, 0.15) is 11.1 Å². The molecule has 3 aromatic rings. The van der Waals surface area contributed by atoms with Gasteiger partial charge in [0.1, 0.15) is 5.82 Å². The van der Waals surface area contributed by atoms with E-state index in [2.05, 4.69) is 15.2 Å². The zero-order valence-corrected chi connectivity index (χ0v) is 17.1. The Kier molecular flexibility index (Phi) is 7.05. The average Bonchev–Trinajstić information content (AvgIpc) is 3.13. The largest absolute Gasteiger partial charge is 0.369 e. The van der Waals surface area contributed by atoms with Crippen LogP contribution in [-0.2, 0) is 6.42 Å². The highest BCUT2D eigenvalue weighted by Gasteiger charge is 2.31. The molecule has 27 heavy (non-hydrogen) atoms. The average molecular weight is 444 g/mol. The summed E-state index contributed by atoms with van der Waals surface area (Å²) >= 11 is 3.23. The Balaban J connectivity index is 0.00000131.